The van der Waals surface area contributed by atoms with E-state index in [2.05, 4.69) is 25.3 Å². The van der Waals surface area contributed by atoms with E-state index in [1.165, 1.54) is 0 Å². The number of benzene rings is 2. The van der Waals surface area contributed by atoms with E-state index < -0.39 is 0 Å². The highest BCUT2D eigenvalue weighted by atomic mass is 16.5. The van der Waals surface area contributed by atoms with E-state index >= 15 is 0 Å². The highest BCUT2D eigenvalue weighted by Gasteiger charge is 2.29. The molecule has 2 atom stereocenters. The van der Waals surface area contributed by atoms with Crippen molar-refractivity contribution in [2.75, 3.05) is 30.4 Å². The molecule has 2 unspecified atom stereocenters. The van der Waals surface area contributed by atoms with Crippen LogP contribution in [-0.4, -0.2) is 53.2 Å². The fraction of sp³-hybridized carbons (Fsp3) is 0.320. The van der Waals surface area contributed by atoms with Gasteiger partial charge in [0.1, 0.15) is 11.5 Å². The highest BCUT2D eigenvalue weighted by Crippen LogP contribution is 2.25. The number of likely N-dealkylation sites (N-methyl/N-ethyl adjacent to an activating group) is 1. The van der Waals surface area contributed by atoms with Gasteiger partial charge in [-0.2, -0.15) is 5.10 Å². The molecule has 7 nitrogen and oxygen atoms in total. The van der Waals surface area contributed by atoms with E-state index in [9.17, 15) is 4.79 Å². The molecule has 2 aromatic carbocycles. The van der Waals surface area contributed by atoms with Crippen molar-refractivity contribution in [1.82, 2.24) is 15.1 Å². The summed E-state index contributed by atoms with van der Waals surface area (Å²) in [4.78, 5) is 17.2. The van der Waals surface area contributed by atoms with E-state index in [4.69, 9.17) is 4.74 Å². The van der Waals surface area contributed by atoms with Crippen LogP contribution in [0.3, 0.4) is 0 Å². The molecule has 0 saturated carbocycles. The first-order valence-corrected chi connectivity index (χ1v) is 11.0. The Morgan fingerprint density at radius 1 is 1.12 bits per heavy atom. The zero-order valence-corrected chi connectivity index (χ0v) is 18.5. The second kappa shape index (κ2) is 10.2. The molecular formula is C25H29N5O2. The van der Waals surface area contributed by atoms with Crippen molar-refractivity contribution in [2.24, 2.45) is 0 Å². The summed E-state index contributed by atoms with van der Waals surface area (Å²) in [5, 5.41) is 11.3. The third kappa shape index (κ3) is 5.42. The number of carbonyl (C=O) groups excluding carboxylic acids is 1. The Morgan fingerprint density at radius 3 is 2.59 bits per heavy atom. The van der Waals surface area contributed by atoms with E-state index in [1.54, 1.807) is 6.20 Å². The fourth-order valence-corrected chi connectivity index (χ4v) is 3.94. The van der Waals surface area contributed by atoms with E-state index in [1.807, 2.05) is 80.7 Å². The molecule has 1 N–H and O–H groups in total. The van der Waals surface area contributed by atoms with Crippen molar-refractivity contribution in [3.05, 3.63) is 72.9 Å². The van der Waals surface area contributed by atoms with Crippen molar-refractivity contribution in [3.8, 4) is 11.5 Å². The molecule has 0 bridgehead atoms. The molecule has 4 rings (SSSR count). The topological polar surface area (TPSA) is 70.6 Å². The molecule has 1 aliphatic heterocycles. The highest BCUT2D eigenvalue weighted by molar-refractivity contribution is 5.94. The molecule has 1 aliphatic rings. The first-order chi connectivity index (χ1) is 15.6. The Balaban J connectivity index is 1.31. The molecule has 3 aromatic rings. The maximum Gasteiger partial charge on any atom is 0.241 e. The Hall–Kier alpha value is -3.45. The standard InChI is InChI=1S/C25H29N5O2/c1-19(29(2)18-21-8-7-17-30(21)24-11-6-16-26-28-24)25(31)27-20-12-14-23(15-13-20)32-22-9-4-3-5-10-22/h3-6,9-16,19,21H,7-8,17-18H2,1-2H3,(H,27,31). The molecule has 2 heterocycles. The van der Waals surface area contributed by atoms with Crippen LogP contribution in [-0.2, 0) is 4.79 Å². The minimum atomic E-state index is -0.264. The van der Waals surface area contributed by atoms with Crippen LogP contribution >= 0.6 is 0 Å². The van der Waals surface area contributed by atoms with Gasteiger partial charge in [0, 0.05) is 31.0 Å². The number of aromatic nitrogens is 2. The van der Waals surface area contributed by atoms with E-state index in [0.717, 1.165) is 48.9 Å². The summed E-state index contributed by atoms with van der Waals surface area (Å²) in [7, 11) is 1.99. The number of hydrogen-bond donors (Lipinski definition) is 1. The van der Waals surface area contributed by atoms with E-state index in [0.29, 0.717) is 6.04 Å². The van der Waals surface area contributed by atoms with Gasteiger partial charge in [-0.3, -0.25) is 9.69 Å². The SMILES string of the molecule is CC(C(=O)Nc1ccc(Oc2ccccc2)cc1)N(C)CC1CCCN1c1cccnn1. The van der Waals surface area contributed by atoms with Crippen molar-refractivity contribution in [2.45, 2.75) is 31.8 Å². The second-order valence-electron chi connectivity index (χ2n) is 8.12. The Kier molecular flexibility index (Phi) is 6.97. The number of ether oxygens (including phenoxy) is 1. The molecule has 1 saturated heterocycles. The summed E-state index contributed by atoms with van der Waals surface area (Å²) in [6.45, 7) is 3.69. The Labute approximate surface area is 189 Å². The average molecular weight is 432 g/mol. The number of hydrogen-bond acceptors (Lipinski definition) is 6. The maximum absolute atomic E-state index is 12.8. The van der Waals surface area contributed by atoms with E-state index in [-0.39, 0.29) is 11.9 Å². The van der Waals surface area contributed by atoms with Gasteiger partial charge in [0.2, 0.25) is 5.91 Å². The second-order valence-corrected chi connectivity index (χ2v) is 8.12. The van der Waals surface area contributed by atoms with Crippen LogP contribution in [0.4, 0.5) is 11.5 Å². The van der Waals surface area contributed by atoms with Crippen molar-refractivity contribution in [3.63, 3.8) is 0 Å². The van der Waals surface area contributed by atoms with Gasteiger partial charge in [-0.05, 0) is 75.3 Å². The number of nitrogens with zero attached hydrogens (tertiary/aromatic N) is 4. The molecule has 1 aromatic heterocycles. The van der Waals surface area contributed by atoms with Crippen LogP contribution in [0.25, 0.3) is 0 Å². The number of amides is 1. The normalized spacial score (nSPS) is 16.7. The van der Waals surface area contributed by atoms with Gasteiger partial charge in [0.15, 0.2) is 5.82 Å². The molecule has 0 radical (unpaired) electrons. The molecule has 1 amide bonds. The van der Waals surface area contributed by atoms with Crippen molar-refractivity contribution < 1.29 is 9.53 Å². The maximum atomic E-state index is 12.8. The van der Waals surface area contributed by atoms with Gasteiger partial charge in [0.05, 0.1) is 6.04 Å². The number of para-hydroxylation sites is 1. The molecular weight excluding hydrogens is 402 g/mol. The van der Waals surface area contributed by atoms with Crippen LogP contribution in [0.2, 0.25) is 0 Å². The molecule has 1 fully saturated rings. The number of anilines is 2. The average Bonchev–Trinajstić information content (AvgIpc) is 3.29. The molecule has 0 spiro atoms. The molecule has 0 aliphatic carbocycles. The first kappa shape index (κ1) is 21.8. The summed E-state index contributed by atoms with van der Waals surface area (Å²) in [6.07, 6.45) is 3.89. The number of carbonyl (C=O) groups is 1. The minimum absolute atomic E-state index is 0.0340. The Morgan fingerprint density at radius 2 is 1.88 bits per heavy atom. The molecule has 166 valence electrons. The summed E-state index contributed by atoms with van der Waals surface area (Å²) in [5.41, 5.74) is 0.748. The molecule has 32 heavy (non-hydrogen) atoms. The Bertz CT molecular complexity index is 998. The smallest absolute Gasteiger partial charge is 0.241 e. The van der Waals surface area contributed by atoms with Crippen molar-refractivity contribution >= 4 is 17.4 Å². The van der Waals surface area contributed by atoms with Crippen LogP contribution in [0.15, 0.2) is 72.9 Å². The van der Waals surface area contributed by atoms with Gasteiger partial charge in [-0.15, -0.1) is 5.10 Å². The lowest BCUT2D eigenvalue weighted by Gasteiger charge is -2.31. The van der Waals surface area contributed by atoms with Crippen LogP contribution in [0, 0.1) is 0 Å². The zero-order valence-electron chi connectivity index (χ0n) is 18.5. The van der Waals surface area contributed by atoms with Gasteiger partial charge in [-0.25, -0.2) is 0 Å². The number of rotatable bonds is 8. The monoisotopic (exact) mass is 431 g/mol. The predicted octanol–water partition coefficient (Wildman–Crippen LogP) is 4.20. The van der Waals surface area contributed by atoms with Gasteiger partial charge >= 0.3 is 0 Å². The van der Waals surface area contributed by atoms with Crippen LogP contribution < -0.4 is 15.0 Å². The molecule has 7 heteroatoms. The van der Waals surface area contributed by atoms with Crippen molar-refractivity contribution in [1.29, 1.82) is 0 Å². The summed E-state index contributed by atoms with van der Waals surface area (Å²) in [5.74, 6) is 2.37. The summed E-state index contributed by atoms with van der Waals surface area (Å²) < 4.78 is 5.81. The quantitative estimate of drug-likeness (QED) is 0.577. The minimum Gasteiger partial charge on any atom is -0.457 e. The summed E-state index contributed by atoms with van der Waals surface area (Å²) >= 11 is 0. The lowest BCUT2D eigenvalue weighted by molar-refractivity contribution is -0.120. The first-order valence-electron chi connectivity index (χ1n) is 11.0. The van der Waals surface area contributed by atoms with Crippen LogP contribution in [0.1, 0.15) is 19.8 Å². The lowest BCUT2D eigenvalue weighted by atomic mass is 10.1. The predicted molar refractivity (Wildman–Crippen MR) is 126 cm³/mol. The van der Waals surface area contributed by atoms with Gasteiger partial charge in [0.25, 0.3) is 0 Å². The van der Waals surface area contributed by atoms with Gasteiger partial charge < -0.3 is 15.0 Å². The van der Waals surface area contributed by atoms with Crippen LogP contribution in [0.5, 0.6) is 11.5 Å². The lowest BCUT2D eigenvalue weighted by Crippen LogP contribution is -2.46. The third-order valence-corrected chi connectivity index (χ3v) is 5.87. The largest absolute Gasteiger partial charge is 0.457 e. The summed E-state index contributed by atoms with van der Waals surface area (Å²) in [6, 6.07) is 21.0. The fourth-order valence-electron chi connectivity index (χ4n) is 3.94. The zero-order chi connectivity index (χ0) is 22.3. The van der Waals surface area contributed by atoms with Gasteiger partial charge in [-0.1, -0.05) is 18.2 Å². The number of nitrogens with one attached hydrogen (secondary N) is 1. The third-order valence-electron chi connectivity index (χ3n) is 5.87.